The van der Waals surface area contributed by atoms with Gasteiger partial charge in [0.05, 0.1) is 6.10 Å². The van der Waals surface area contributed by atoms with Gasteiger partial charge in [-0.1, -0.05) is 23.7 Å². The Balaban J connectivity index is 2.08. The van der Waals surface area contributed by atoms with Crippen LogP contribution in [0.25, 0.3) is 0 Å². The van der Waals surface area contributed by atoms with Crippen LogP contribution in [0.2, 0.25) is 5.02 Å². The largest absolute Gasteiger partial charge is 0.465 e. The van der Waals surface area contributed by atoms with E-state index >= 15 is 0 Å². The maximum absolute atomic E-state index is 11.3. The molecule has 1 amide bonds. The van der Waals surface area contributed by atoms with E-state index in [-0.39, 0.29) is 12.1 Å². The minimum absolute atomic E-state index is 0.0302. The number of rotatable bonds is 3. The number of amides is 1. The molecule has 1 N–H and O–H groups in total. The van der Waals surface area contributed by atoms with Crippen LogP contribution in [-0.2, 0) is 11.2 Å². The molecule has 5 heteroatoms. The molecule has 0 radical (unpaired) electrons. The lowest BCUT2D eigenvalue weighted by molar-refractivity contribution is 0.0154. The summed E-state index contributed by atoms with van der Waals surface area (Å²) in [4.78, 5) is 12.8. The number of piperidine rings is 1. The molecule has 1 aliphatic rings. The molecule has 0 spiro atoms. The minimum atomic E-state index is -0.853. The Labute approximate surface area is 117 Å². The number of hydrogen-bond acceptors (Lipinski definition) is 2. The van der Waals surface area contributed by atoms with Crippen LogP contribution < -0.4 is 0 Å². The highest BCUT2D eigenvalue weighted by molar-refractivity contribution is 6.30. The number of methoxy groups -OCH3 is 1. The first-order valence-electron chi connectivity index (χ1n) is 6.37. The van der Waals surface area contributed by atoms with Gasteiger partial charge in [-0.15, -0.1) is 0 Å². The first-order chi connectivity index (χ1) is 9.10. The van der Waals surface area contributed by atoms with E-state index in [0.29, 0.717) is 18.0 Å². The predicted molar refractivity (Wildman–Crippen MR) is 73.7 cm³/mol. The first kappa shape index (κ1) is 14.2. The topological polar surface area (TPSA) is 49.8 Å². The van der Waals surface area contributed by atoms with Gasteiger partial charge in [-0.3, -0.25) is 0 Å². The lowest BCUT2D eigenvalue weighted by atomic mass is 9.94. The molecule has 104 valence electrons. The zero-order valence-electron chi connectivity index (χ0n) is 10.9. The predicted octanol–water partition coefficient (Wildman–Crippen LogP) is 3.04. The molecule has 1 heterocycles. The van der Waals surface area contributed by atoms with Gasteiger partial charge in [0.25, 0.3) is 0 Å². The summed E-state index contributed by atoms with van der Waals surface area (Å²) in [6.07, 6.45) is 1.50. The highest BCUT2D eigenvalue weighted by atomic mass is 35.5. The second-order valence-electron chi connectivity index (χ2n) is 4.84. The average Bonchev–Trinajstić information content (AvgIpc) is 2.41. The third-order valence-corrected chi connectivity index (χ3v) is 3.88. The minimum Gasteiger partial charge on any atom is -0.465 e. The monoisotopic (exact) mass is 283 g/mol. The number of benzene rings is 1. The highest BCUT2D eigenvalue weighted by Crippen LogP contribution is 2.23. The van der Waals surface area contributed by atoms with Crippen molar-refractivity contribution in [2.45, 2.75) is 31.4 Å². The van der Waals surface area contributed by atoms with Gasteiger partial charge in [0.15, 0.2) is 0 Å². The lowest BCUT2D eigenvalue weighted by Crippen LogP contribution is -2.48. The fourth-order valence-corrected chi connectivity index (χ4v) is 2.69. The maximum Gasteiger partial charge on any atom is 0.407 e. The third-order valence-electron chi connectivity index (χ3n) is 3.63. The molecule has 1 aromatic carbocycles. The fourth-order valence-electron chi connectivity index (χ4n) is 2.57. The van der Waals surface area contributed by atoms with Crippen LogP contribution in [-0.4, -0.2) is 41.9 Å². The maximum atomic E-state index is 11.3. The van der Waals surface area contributed by atoms with Crippen molar-refractivity contribution in [3.8, 4) is 0 Å². The Kier molecular flexibility index (Phi) is 4.66. The molecule has 19 heavy (non-hydrogen) atoms. The van der Waals surface area contributed by atoms with Gasteiger partial charge in [-0.2, -0.15) is 0 Å². The van der Waals surface area contributed by atoms with Crippen molar-refractivity contribution >= 4 is 17.7 Å². The van der Waals surface area contributed by atoms with Crippen molar-refractivity contribution in [2.24, 2.45) is 0 Å². The summed E-state index contributed by atoms with van der Waals surface area (Å²) in [6, 6.07) is 7.52. The van der Waals surface area contributed by atoms with Crippen molar-refractivity contribution in [3.63, 3.8) is 0 Å². The molecule has 0 aromatic heterocycles. The SMILES string of the molecule is CO[C@H]1CCN(C(=O)O)[C@@H](Cc2ccc(Cl)cc2)C1. The van der Waals surface area contributed by atoms with Gasteiger partial charge in [0.2, 0.25) is 0 Å². The number of halogens is 1. The molecule has 2 atom stereocenters. The summed E-state index contributed by atoms with van der Waals surface area (Å²) in [5.74, 6) is 0. The molecule has 4 nitrogen and oxygen atoms in total. The number of nitrogens with zero attached hydrogens (tertiary/aromatic N) is 1. The van der Waals surface area contributed by atoms with E-state index in [1.165, 1.54) is 4.90 Å². The molecular formula is C14H18ClNO3. The quantitative estimate of drug-likeness (QED) is 0.927. The van der Waals surface area contributed by atoms with Crippen LogP contribution in [0.3, 0.4) is 0 Å². The van der Waals surface area contributed by atoms with E-state index in [0.717, 1.165) is 18.4 Å². The van der Waals surface area contributed by atoms with Crippen LogP contribution in [0.1, 0.15) is 18.4 Å². The van der Waals surface area contributed by atoms with Crippen molar-refractivity contribution in [2.75, 3.05) is 13.7 Å². The Hall–Kier alpha value is -1.26. The van der Waals surface area contributed by atoms with E-state index in [2.05, 4.69) is 0 Å². The molecule has 1 saturated heterocycles. The zero-order chi connectivity index (χ0) is 13.8. The molecule has 1 aromatic rings. The Morgan fingerprint density at radius 1 is 1.47 bits per heavy atom. The van der Waals surface area contributed by atoms with Gasteiger partial charge >= 0.3 is 6.09 Å². The van der Waals surface area contributed by atoms with Crippen molar-refractivity contribution in [1.82, 2.24) is 4.90 Å². The molecule has 0 aliphatic carbocycles. The molecule has 0 bridgehead atoms. The number of carbonyl (C=O) groups is 1. The zero-order valence-corrected chi connectivity index (χ0v) is 11.6. The van der Waals surface area contributed by atoms with Gasteiger partial charge in [0, 0.05) is 24.7 Å². The van der Waals surface area contributed by atoms with Gasteiger partial charge in [0.1, 0.15) is 0 Å². The highest BCUT2D eigenvalue weighted by Gasteiger charge is 2.31. The molecule has 2 rings (SSSR count). The van der Waals surface area contributed by atoms with E-state index in [4.69, 9.17) is 16.3 Å². The van der Waals surface area contributed by atoms with Gasteiger partial charge in [-0.05, 0) is 37.0 Å². The average molecular weight is 284 g/mol. The summed E-state index contributed by atoms with van der Waals surface area (Å²) in [5.41, 5.74) is 1.09. The molecule has 1 aliphatic heterocycles. The van der Waals surface area contributed by atoms with Crippen molar-refractivity contribution in [3.05, 3.63) is 34.9 Å². The van der Waals surface area contributed by atoms with E-state index in [9.17, 15) is 9.90 Å². The smallest absolute Gasteiger partial charge is 0.407 e. The van der Waals surface area contributed by atoms with Crippen LogP contribution >= 0.6 is 11.6 Å². The number of hydrogen-bond donors (Lipinski definition) is 1. The molecule has 0 saturated carbocycles. The summed E-state index contributed by atoms with van der Waals surface area (Å²) in [6.45, 7) is 0.534. The number of carboxylic acid groups (broad SMARTS) is 1. The van der Waals surface area contributed by atoms with Crippen molar-refractivity contribution < 1.29 is 14.6 Å². The normalized spacial score (nSPS) is 23.4. The Morgan fingerprint density at radius 2 is 2.16 bits per heavy atom. The summed E-state index contributed by atoms with van der Waals surface area (Å²) in [7, 11) is 1.68. The lowest BCUT2D eigenvalue weighted by Gasteiger charge is -2.37. The van der Waals surface area contributed by atoms with Gasteiger partial charge < -0.3 is 14.7 Å². The summed E-state index contributed by atoms with van der Waals surface area (Å²) >= 11 is 5.85. The Bertz CT molecular complexity index is 435. The van der Waals surface area contributed by atoms with Crippen LogP contribution in [0, 0.1) is 0 Å². The molecule has 1 fully saturated rings. The van der Waals surface area contributed by atoms with E-state index in [1.807, 2.05) is 24.3 Å². The van der Waals surface area contributed by atoms with E-state index < -0.39 is 6.09 Å². The van der Waals surface area contributed by atoms with Crippen LogP contribution in [0.4, 0.5) is 4.79 Å². The second-order valence-corrected chi connectivity index (χ2v) is 5.28. The first-order valence-corrected chi connectivity index (χ1v) is 6.74. The van der Waals surface area contributed by atoms with Crippen LogP contribution in [0.15, 0.2) is 24.3 Å². The molecular weight excluding hydrogens is 266 g/mol. The van der Waals surface area contributed by atoms with Crippen LogP contribution in [0.5, 0.6) is 0 Å². The summed E-state index contributed by atoms with van der Waals surface area (Å²) < 4.78 is 5.37. The van der Waals surface area contributed by atoms with Gasteiger partial charge in [-0.25, -0.2) is 4.79 Å². The Morgan fingerprint density at radius 3 is 2.74 bits per heavy atom. The second kappa shape index (κ2) is 6.26. The standard InChI is InChI=1S/C14H18ClNO3/c1-19-13-6-7-16(14(17)18)12(9-13)8-10-2-4-11(15)5-3-10/h2-5,12-13H,6-9H2,1H3,(H,17,18)/t12-,13-/m0/s1. The van der Waals surface area contributed by atoms with Crippen molar-refractivity contribution in [1.29, 1.82) is 0 Å². The third kappa shape index (κ3) is 3.61. The number of ether oxygens (including phenoxy) is 1. The molecule has 0 unspecified atom stereocenters. The fraction of sp³-hybridized carbons (Fsp3) is 0.500. The van der Waals surface area contributed by atoms with E-state index in [1.54, 1.807) is 7.11 Å². The summed E-state index contributed by atoms with van der Waals surface area (Å²) in [5, 5.41) is 9.95. The number of likely N-dealkylation sites (tertiary alicyclic amines) is 1.